The van der Waals surface area contributed by atoms with Crippen LogP contribution in [0.15, 0.2) is 0 Å². The van der Waals surface area contributed by atoms with Gasteiger partial charge < -0.3 is 10.1 Å². The summed E-state index contributed by atoms with van der Waals surface area (Å²) in [5.74, 6) is 0.751. The summed E-state index contributed by atoms with van der Waals surface area (Å²) < 4.78 is 5.14. The van der Waals surface area contributed by atoms with E-state index in [0.29, 0.717) is 6.04 Å². The number of nitrogens with zero attached hydrogens (tertiary/aromatic N) is 1. The van der Waals surface area contributed by atoms with Crippen LogP contribution in [0.2, 0.25) is 0 Å². The Balaban J connectivity index is 3.56. The highest BCUT2D eigenvalue weighted by Crippen LogP contribution is 2.05. The molecule has 0 spiro atoms. The van der Waals surface area contributed by atoms with Crippen LogP contribution in [-0.2, 0) is 4.74 Å². The summed E-state index contributed by atoms with van der Waals surface area (Å²) >= 11 is 0. The van der Waals surface area contributed by atoms with Crippen LogP contribution in [0.4, 0.5) is 0 Å². The van der Waals surface area contributed by atoms with Crippen molar-refractivity contribution in [2.45, 2.75) is 46.6 Å². The highest BCUT2D eigenvalue weighted by atomic mass is 16.5. The molecule has 0 saturated heterocycles. The maximum atomic E-state index is 5.14. The van der Waals surface area contributed by atoms with Gasteiger partial charge in [-0.3, -0.25) is 4.90 Å². The number of nitrogens with one attached hydrogen (secondary N) is 1. The molecule has 0 aromatic rings. The summed E-state index contributed by atoms with van der Waals surface area (Å²) in [6.07, 6.45) is 2.53. The third kappa shape index (κ3) is 9.57. The second-order valence-corrected chi connectivity index (χ2v) is 5.21. The molecule has 0 aromatic carbocycles. The van der Waals surface area contributed by atoms with Crippen molar-refractivity contribution < 1.29 is 4.74 Å². The van der Waals surface area contributed by atoms with E-state index in [2.05, 4.69) is 37.9 Å². The van der Waals surface area contributed by atoms with Crippen molar-refractivity contribution in [3.05, 3.63) is 0 Å². The lowest BCUT2D eigenvalue weighted by molar-refractivity contribution is 0.125. The summed E-state index contributed by atoms with van der Waals surface area (Å²) in [6.45, 7) is 14.3. The van der Waals surface area contributed by atoms with E-state index in [4.69, 9.17) is 4.74 Å². The van der Waals surface area contributed by atoms with E-state index < -0.39 is 0 Å². The van der Waals surface area contributed by atoms with Crippen LogP contribution in [0.5, 0.6) is 0 Å². The number of likely N-dealkylation sites (N-methyl/N-ethyl adjacent to an activating group) is 1. The molecule has 0 radical (unpaired) electrons. The molecule has 1 atom stereocenters. The standard InChI is InChI=1S/C14H32N2O/c1-6-16(10-11-17-5)14(4)8-7-9-15-12-13(2)3/h13-15H,6-12H2,1-5H3. The normalized spacial score (nSPS) is 13.6. The molecule has 0 fully saturated rings. The van der Waals surface area contributed by atoms with Gasteiger partial charge in [0.15, 0.2) is 0 Å². The lowest BCUT2D eigenvalue weighted by Crippen LogP contribution is -2.36. The van der Waals surface area contributed by atoms with Crippen molar-refractivity contribution in [1.29, 1.82) is 0 Å². The minimum Gasteiger partial charge on any atom is -0.383 e. The molecule has 0 aromatic heterocycles. The van der Waals surface area contributed by atoms with Crippen LogP contribution in [0.3, 0.4) is 0 Å². The Morgan fingerprint density at radius 1 is 1.24 bits per heavy atom. The highest BCUT2D eigenvalue weighted by Gasteiger charge is 2.10. The minimum absolute atomic E-state index is 0.663. The molecule has 0 aliphatic carbocycles. The van der Waals surface area contributed by atoms with Gasteiger partial charge in [0.25, 0.3) is 0 Å². The van der Waals surface area contributed by atoms with E-state index in [0.717, 1.165) is 38.7 Å². The Hall–Kier alpha value is -0.120. The molecule has 0 aliphatic heterocycles. The fourth-order valence-corrected chi connectivity index (χ4v) is 1.99. The Kier molecular flexibility index (Phi) is 10.9. The fraction of sp³-hybridized carbons (Fsp3) is 1.00. The summed E-state index contributed by atoms with van der Waals surface area (Å²) in [6, 6.07) is 0.663. The first-order valence-corrected chi connectivity index (χ1v) is 7.05. The molecule has 0 bridgehead atoms. The summed E-state index contributed by atoms with van der Waals surface area (Å²) in [7, 11) is 1.77. The maximum Gasteiger partial charge on any atom is 0.0589 e. The molecule has 0 aliphatic rings. The number of methoxy groups -OCH3 is 1. The van der Waals surface area contributed by atoms with Gasteiger partial charge in [-0.05, 0) is 45.3 Å². The van der Waals surface area contributed by atoms with Crippen LogP contribution in [0.25, 0.3) is 0 Å². The van der Waals surface area contributed by atoms with Crippen LogP contribution >= 0.6 is 0 Å². The van der Waals surface area contributed by atoms with Gasteiger partial charge >= 0.3 is 0 Å². The first-order valence-electron chi connectivity index (χ1n) is 7.05. The molecule has 1 N–H and O–H groups in total. The third-order valence-electron chi connectivity index (χ3n) is 3.14. The Morgan fingerprint density at radius 2 is 1.94 bits per heavy atom. The number of hydrogen-bond acceptors (Lipinski definition) is 3. The van der Waals surface area contributed by atoms with E-state index in [-0.39, 0.29) is 0 Å². The predicted molar refractivity (Wildman–Crippen MR) is 75.5 cm³/mol. The van der Waals surface area contributed by atoms with Gasteiger partial charge in [-0.25, -0.2) is 0 Å². The average Bonchev–Trinajstić information content (AvgIpc) is 2.29. The van der Waals surface area contributed by atoms with Crippen LogP contribution in [-0.4, -0.2) is 50.8 Å². The maximum absolute atomic E-state index is 5.14. The third-order valence-corrected chi connectivity index (χ3v) is 3.14. The first-order chi connectivity index (χ1) is 8.11. The molecule has 0 saturated carbocycles. The zero-order valence-corrected chi connectivity index (χ0v) is 12.5. The monoisotopic (exact) mass is 244 g/mol. The van der Waals surface area contributed by atoms with Crippen molar-refractivity contribution in [3.8, 4) is 0 Å². The Labute approximate surface area is 108 Å². The summed E-state index contributed by atoms with van der Waals surface area (Å²) in [4.78, 5) is 2.49. The fourth-order valence-electron chi connectivity index (χ4n) is 1.99. The van der Waals surface area contributed by atoms with Crippen LogP contribution in [0.1, 0.15) is 40.5 Å². The predicted octanol–water partition coefficient (Wildman–Crippen LogP) is 2.37. The van der Waals surface area contributed by atoms with Gasteiger partial charge in [-0.2, -0.15) is 0 Å². The smallest absolute Gasteiger partial charge is 0.0589 e. The van der Waals surface area contributed by atoms with E-state index in [1.54, 1.807) is 7.11 Å². The lowest BCUT2D eigenvalue weighted by Gasteiger charge is -2.27. The largest absolute Gasteiger partial charge is 0.383 e. The molecule has 3 nitrogen and oxygen atoms in total. The van der Waals surface area contributed by atoms with Crippen molar-refractivity contribution in [3.63, 3.8) is 0 Å². The molecule has 3 heteroatoms. The molecule has 0 rings (SSSR count). The zero-order chi connectivity index (χ0) is 13.1. The van der Waals surface area contributed by atoms with Gasteiger partial charge in [0.05, 0.1) is 6.61 Å². The van der Waals surface area contributed by atoms with Gasteiger partial charge in [0.1, 0.15) is 0 Å². The van der Waals surface area contributed by atoms with Crippen LogP contribution in [0, 0.1) is 5.92 Å². The van der Waals surface area contributed by atoms with Gasteiger partial charge in [-0.15, -0.1) is 0 Å². The van der Waals surface area contributed by atoms with E-state index >= 15 is 0 Å². The quantitative estimate of drug-likeness (QED) is 0.565. The lowest BCUT2D eigenvalue weighted by atomic mass is 10.1. The highest BCUT2D eigenvalue weighted by molar-refractivity contribution is 4.66. The van der Waals surface area contributed by atoms with Crippen molar-refractivity contribution >= 4 is 0 Å². The molecule has 0 heterocycles. The molecule has 104 valence electrons. The summed E-state index contributed by atoms with van der Waals surface area (Å²) in [5, 5.41) is 3.50. The van der Waals surface area contributed by atoms with Crippen molar-refractivity contribution in [1.82, 2.24) is 10.2 Å². The van der Waals surface area contributed by atoms with Crippen molar-refractivity contribution in [2.24, 2.45) is 5.92 Å². The van der Waals surface area contributed by atoms with E-state index in [9.17, 15) is 0 Å². The molecule has 17 heavy (non-hydrogen) atoms. The topological polar surface area (TPSA) is 24.5 Å². The number of rotatable bonds is 11. The zero-order valence-electron chi connectivity index (χ0n) is 12.5. The molecular formula is C14H32N2O. The van der Waals surface area contributed by atoms with Gasteiger partial charge in [0, 0.05) is 19.7 Å². The van der Waals surface area contributed by atoms with Crippen LogP contribution < -0.4 is 5.32 Å². The second kappa shape index (κ2) is 11.0. The average molecular weight is 244 g/mol. The number of ether oxygens (including phenoxy) is 1. The van der Waals surface area contributed by atoms with Gasteiger partial charge in [0.2, 0.25) is 0 Å². The Morgan fingerprint density at radius 3 is 2.47 bits per heavy atom. The Bertz CT molecular complexity index is 162. The van der Waals surface area contributed by atoms with E-state index in [1.807, 2.05) is 0 Å². The first kappa shape index (κ1) is 16.9. The molecule has 0 amide bonds. The SMILES string of the molecule is CCN(CCOC)C(C)CCCNCC(C)C. The van der Waals surface area contributed by atoms with Gasteiger partial charge in [-0.1, -0.05) is 20.8 Å². The second-order valence-electron chi connectivity index (χ2n) is 5.21. The molecule has 1 unspecified atom stereocenters. The number of hydrogen-bond donors (Lipinski definition) is 1. The minimum atomic E-state index is 0.663. The molecular weight excluding hydrogens is 212 g/mol. The van der Waals surface area contributed by atoms with Crippen molar-refractivity contribution in [2.75, 3.05) is 39.9 Å². The summed E-state index contributed by atoms with van der Waals surface area (Å²) in [5.41, 5.74) is 0. The van der Waals surface area contributed by atoms with E-state index in [1.165, 1.54) is 12.8 Å².